The van der Waals surface area contributed by atoms with Gasteiger partial charge in [0.2, 0.25) is 0 Å². The highest BCUT2D eigenvalue weighted by atomic mass is 16.2. The van der Waals surface area contributed by atoms with E-state index in [1.807, 2.05) is 24.3 Å². The van der Waals surface area contributed by atoms with Crippen LogP contribution in [0.25, 0.3) is 0 Å². The van der Waals surface area contributed by atoms with E-state index in [1.54, 1.807) is 6.07 Å². The molecule has 1 atom stereocenters. The van der Waals surface area contributed by atoms with Gasteiger partial charge in [-0.05, 0) is 61.2 Å². The van der Waals surface area contributed by atoms with Crippen molar-refractivity contribution >= 4 is 23.4 Å². The molecule has 0 radical (unpaired) electrons. The molecule has 1 unspecified atom stereocenters. The fraction of sp³-hybridized carbons (Fsp3) is 0.348. The molecule has 0 saturated carbocycles. The second-order valence-electron chi connectivity index (χ2n) is 8.06. The molecule has 2 aliphatic rings. The molecule has 29 heavy (non-hydrogen) atoms. The molecule has 0 aliphatic carbocycles. The molecular formula is C23H25N3O3. The summed E-state index contributed by atoms with van der Waals surface area (Å²) in [5, 5.41) is 2.86. The molecule has 0 bridgehead atoms. The van der Waals surface area contributed by atoms with Crippen LogP contribution >= 0.6 is 0 Å². The van der Waals surface area contributed by atoms with Gasteiger partial charge in [0.1, 0.15) is 0 Å². The summed E-state index contributed by atoms with van der Waals surface area (Å²) in [6.45, 7) is 5.49. The number of likely N-dealkylation sites (tertiary alicyclic amines) is 1. The Hall–Kier alpha value is -2.99. The van der Waals surface area contributed by atoms with E-state index in [4.69, 9.17) is 0 Å². The number of hydrogen-bond acceptors (Lipinski definition) is 4. The topological polar surface area (TPSA) is 69.7 Å². The average Bonchev–Trinajstić information content (AvgIpc) is 2.93. The van der Waals surface area contributed by atoms with Crippen LogP contribution in [0.2, 0.25) is 0 Å². The lowest BCUT2D eigenvalue weighted by Crippen LogP contribution is -2.33. The number of nitrogens with zero attached hydrogens (tertiary/aromatic N) is 2. The van der Waals surface area contributed by atoms with Crippen molar-refractivity contribution in [2.75, 3.05) is 25.5 Å². The van der Waals surface area contributed by atoms with Crippen LogP contribution in [0.15, 0.2) is 42.5 Å². The normalized spacial score (nSPS) is 19.4. The Morgan fingerprint density at radius 1 is 1.07 bits per heavy atom. The number of carbonyl (C=O) groups is 3. The number of fused-ring (bicyclic) bond motifs is 1. The van der Waals surface area contributed by atoms with Gasteiger partial charge in [-0.25, -0.2) is 0 Å². The number of anilines is 1. The Morgan fingerprint density at radius 2 is 1.79 bits per heavy atom. The molecule has 0 spiro atoms. The first kappa shape index (κ1) is 19.3. The highest BCUT2D eigenvalue weighted by molar-refractivity contribution is 6.22. The summed E-state index contributed by atoms with van der Waals surface area (Å²) >= 11 is 0. The summed E-state index contributed by atoms with van der Waals surface area (Å²) in [6.07, 6.45) is 2.56. The lowest BCUT2D eigenvalue weighted by atomic mass is 10.00. The van der Waals surface area contributed by atoms with Crippen LogP contribution in [0.4, 0.5) is 5.69 Å². The van der Waals surface area contributed by atoms with Crippen LogP contribution in [-0.4, -0.2) is 47.7 Å². The van der Waals surface area contributed by atoms with E-state index in [0.29, 0.717) is 16.8 Å². The van der Waals surface area contributed by atoms with Gasteiger partial charge in [0.05, 0.1) is 11.1 Å². The fourth-order valence-corrected chi connectivity index (χ4v) is 4.09. The molecule has 150 valence electrons. The smallest absolute Gasteiger partial charge is 0.261 e. The van der Waals surface area contributed by atoms with Crippen molar-refractivity contribution in [2.24, 2.45) is 5.92 Å². The Morgan fingerprint density at radius 3 is 2.52 bits per heavy atom. The number of hydrogen-bond donors (Lipinski definition) is 1. The molecule has 6 nitrogen and oxygen atoms in total. The molecule has 3 amide bonds. The highest BCUT2D eigenvalue weighted by Crippen LogP contribution is 2.23. The second-order valence-corrected chi connectivity index (χ2v) is 8.06. The second kappa shape index (κ2) is 7.79. The number of benzene rings is 2. The average molecular weight is 391 g/mol. The number of piperidine rings is 1. The van der Waals surface area contributed by atoms with Gasteiger partial charge in [0.25, 0.3) is 17.7 Å². The fourth-order valence-electron chi connectivity index (χ4n) is 4.09. The molecule has 2 aromatic rings. The Kier molecular flexibility index (Phi) is 5.20. The van der Waals surface area contributed by atoms with Gasteiger partial charge in [0.15, 0.2) is 0 Å². The molecule has 6 heteroatoms. The summed E-state index contributed by atoms with van der Waals surface area (Å²) in [7, 11) is 1.44. The van der Waals surface area contributed by atoms with Crippen molar-refractivity contribution in [1.82, 2.24) is 9.80 Å². The Bertz CT molecular complexity index is 968. The summed E-state index contributed by atoms with van der Waals surface area (Å²) in [5.41, 5.74) is 2.89. The van der Waals surface area contributed by atoms with Crippen molar-refractivity contribution in [3.8, 4) is 0 Å². The first-order valence-electron chi connectivity index (χ1n) is 10.0. The molecule has 1 saturated heterocycles. The van der Waals surface area contributed by atoms with Crippen molar-refractivity contribution in [1.29, 1.82) is 0 Å². The zero-order valence-corrected chi connectivity index (χ0v) is 16.8. The quantitative estimate of drug-likeness (QED) is 0.811. The third kappa shape index (κ3) is 3.93. The standard InChI is InChI=1S/C23H25N3O3/c1-15-4-3-11-26(13-15)14-16-5-8-18(9-6-16)24-21(27)17-7-10-19-20(12-17)23(29)25(2)22(19)28/h5-10,12,15H,3-4,11,13-14H2,1-2H3,(H,24,27). The van der Waals surface area contributed by atoms with E-state index in [9.17, 15) is 14.4 Å². The Balaban J connectivity index is 1.41. The molecule has 1 N–H and O–H groups in total. The van der Waals surface area contributed by atoms with Crippen molar-refractivity contribution in [2.45, 2.75) is 26.3 Å². The Labute approximate surface area is 170 Å². The van der Waals surface area contributed by atoms with Crippen molar-refractivity contribution in [3.05, 3.63) is 64.7 Å². The summed E-state index contributed by atoms with van der Waals surface area (Å²) in [5.74, 6) is -0.275. The predicted molar refractivity (Wildman–Crippen MR) is 111 cm³/mol. The molecule has 2 aromatic carbocycles. The van der Waals surface area contributed by atoms with Gasteiger partial charge in [-0.15, -0.1) is 0 Å². The number of rotatable bonds is 4. The van der Waals surface area contributed by atoms with E-state index < -0.39 is 0 Å². The van der Waals surface area contributed by atoms with Crippen LogP contribution in [0.5, 0.6) is 0 Å². The number of imide groups is 1. The van der Waals surface area contributed by atoms with E-state index in [0.717, 1.165) is 30.5 Å². The maximum atomic E-state index is 12.6. The third-order valence-electron chi connectivity index (χ3n) is 5.71. The van der Waals surface area contributed by atoms with Gasteiger partial charge in [-0.1, -0.05) is 19.1 Å². The van der Waals surface area contributed by atoms with Crippen LogP contribution in [0, 0.1) is 5.92 Å². The van der Waals surface area contributed by atoms with Crippen LogP contribution in [0.1, 0.15) is 56.4 Å². The zero-order chi connectivity index (χ0) is 20.5. The molecule has 4 rings (SSSR count). The molecular weight excluding hydrogens is 366 g/mol. The van der Waals surface area contributed by atoms with Gasteiger partial charge in [0, 0.05) is 31.4 Å². The van der Waals surface area contributed by atoms with Gasteiger partial charge >= 0.3 is 0 Å². The molecule has 1 fully saturated rings. The first-order valence-corrected chi connectivity index (χ1v) is 10.0. The van der Waals surface area contributed by atoms with E-state index in [-0.39, 0.29) is 23.3 Å². The minimum Gasteiger partial charge on any atom is -0.322 e. The predicted octanol–water partition coefficient (Wildman–Crippen LogP) is 3.40. The van der Waals surface area contributed by atoms with E-state index >= 15 is 0 Å². The lowest BCUT2D eigenvalue weighted by Gasteiger charge is -2.30. The summed E-state index contributed by atoms with van der Waals surface area (Å²) in [6, 6.07) is 12.5. The SMILES string of the molecule is CC1CCCN(Cc2ccc(NC(=O)c3ccc4c(c3)C(=O)N(C)C4=O)cc2)C1. The maximum absolute atomic E-state index is 12.6. The van der Waals surface area contributed by atoms with Gasteiger partial charge < -0.3 is 5.32 Å². The zero-order valence-electron chi connectivity index (χ0n) is 16.8. The van der Waals surface area contributed by atoms with Crippen molar-refractivity contribution in [3.63, 3.8) is 0 Å². The third-order valence-corrected chi connectivity index (χ3v) is 5.71. The van der Waals surface area contributed by atoms with Crippen LogP contribution in [-0.2, 0) is 6.54 Å². The minimum absolute atomic E-state index is 0.274. The maximum Gasteiger partial charge on any atom is 0.261 e. The molecule has 2 aliphatic heterocycles. The number of carbonyl (C=O) groups excluding carboxylic acids is 3. The highest BCUT2D eigenvalue weighted by Gasteiger charge is 2.33. The minimum atomic E-state index is -0.379. The molecule has 2 heterocycles. The monoisotopic (exact) mass is 391 g/mol. The largest absolute Gasteiger partial charge is 0.322 e. The van der Waals surface area contributed by atoms with Crippen LogP contribution < -0.4 is 5.32 Å². The van der Waals surface area contributed by atoms with Gasteiger partial charge in [-0.3, -0.25) is 24.2 Å². The van der Waals surface area contributed by atoms with Crippen molar-refractivity contribution < 1.29 is 14.4 Å². The number of nitrogens with one attached hydrogen (secondary N) is 1. The molecule has 0 aromatic heterocycles. The van der Waals surface area contributed by atoms with E-state index in [2.05, 4.69) is 17.1 Å². The first-order chi connectivity index (χ1) is 13.9. The van der Waals surface area contributed by atoms with Gasteiger partial charge in [-0.2, -0.15) is 0 Å². The number of amides is 3. The van der Waals surface area contributed by atoms with E-state index in [1.165, 1.54) is 37.6 Å². The van der Waals surface area contributed by atoms with Crippen LogP contribution in [0.3, 0.4) is 0 Å². The summed E-state index contributed by atoms with van der Waals surface area (Å²) < 4.78 is 0. The lowest BCUT2D eigenvalue weighted by molar-refractivity contribution is 0.0693. The summed E-state index contributed by atoms with van der Waals surface area (Å²) in [4.78, 5) is 40.2.